The number of rotatable bonds is 7. The molecule has 0 bridgehead atoms. The maximum absolute atomic E-state index is 12.3. The quantitative estimate of drug-likeness (QED) is 0.795. The van der Waals surface area contributed by atoms with Gasteiger partial charge in [0.1, 0.15) is 0 Å². The zero-order valence-corrected chi connectivity index (χ0v) is 16.1. The number of likely N-dealkylation sites (N-methyl/N-ethyl adjacent to an activating group) is 1. The van der Waals surface area contributed by atoms with Gasteiger partial charge in [-0.25, -0.2) is 0 Å². The van der Waals surface area contributed by atoms with E-state index < -0.39 is 0 Å². The van der Waals surface area contributed by atoms with Gasteiger partial charge in [0, 0.05) is 12.7 Å². The first-order chi connectivity index (χ1) is 12.3. The Morgan fingerprint density at radius 1 is 1.12 bits per heavy atom. The minimum atomic E-state index is -0.173. The number of aryl methyl sites for hydroxylation is 3. The van der Waals surface area contributed by atoms with Gasteiger partial charge in [-0.1, -0.05) is 25.1 Å². The minimum Gasteiger partial charge on any atom is -0.325 e. The van der Waals surface area contributed by atoms with Crippen LogP contribution in [0.2, 0.25) is 0 Å². The predicted molar refractivity (Wildman–Crippen MR) is 103 cm³/mol. The van der Waals surface area contributed by atoms with Gasteiger partial charge >= 0.3 is 0 Å². The highest BCUT2D eigenvalue weighted by atomic mass is 16.2. The van der Waals surface area contributed by atoms with E-state index in [1.165, 1.54) is 0 Å². The van der Waals surface area contributed by atoms with Crippen LogP contribution in [0.25, 0.3) is 0 Å². The third-order valence-corrected chi connectivity index (χ3v) is 4.27. The van der Waals surface area contributed by atoms with Crippen LogP contribution < -0.4 is 10.6 Å². The van der Waals surface area contributed by atoms with Crippen LogP contribution in [0.15, 0.2) is 24.3 Å². The van der Waals surface area contributed by atoms with Crippen molar-refractivity contribution in [2.24, 2.45) is 7.05 Å². The number of para-hydroxylation sites is 1. The SMILES string of the molecule is CCc1ccccc1NC(=O)CN(C)CC(=O)Nc1c(C)nn(C)c1C. The lowest BCUT2D eigenvalue weighted by atomic mass is 10.1. The van der Waals surface area contributed by atoms with Crippen molar-refractivity contribution in [2.45, 2.75) is 27.2 Å². The van der Waals surface area contributed by atoms with Crippen molar-refractivity contribution in [1.29, 1.82) is 0 Å². The number of nitrogens with one attached hydrogen (secondary N) is 2. The average Bonchev–Trinajstić information content (AvgIpc) is 2.81. The van der Waals surface area contributed by atoms with Gasteiger partial charge < -0.3 is 10.6 Å². The Labute approximate surface area is 154 Å². The van der Waals surface area contributed by atoms with Crippen molar-refractivity contribution < 1.29 is 9.59 Å². The zero-order valence-electron chi connectivity index (χ0n) is 16.1. The maximum atomic E-state index is 12.3. The number of hydrogen-bond acceptors (Lipinski definition) is 4. The molecule has 0 radical (unpaired) electrons. The molecular formula is C19H27N5O2. The van der Waals surface area contributed by atoms with Crippen molar-refractivity contribution in [3.8, 4) is 0 Å². The molecule has 0 fully saturated rings. The third-order valence-electron chi connectivity index (χ3n) is 4.27. The second-order valence-corrected chi connectivity index (χ2v) is 6.45. The van der Waals surface area contributed by atoms with Crippen molar-refractivity contribution in [3.05, 3.63) is 41.2 Å². The van der Waals surface area contributed by atoms with Gasteiger partial charge in [-0.2, -0.15) is 5.10 Å². The number of nitrogens with zero attached hydrogens (tertiary/aromatic N) is 3. The van der Waals surface area contributed by atoms with Gasteiger partial charge in [-0.3, -0.25) is 19.2 Å². The van der Waals surface area contributed by atoms with E-state index in [9.17, 15) is 9.59 Å². The molecule has 0 saturated carbocycles. The smallest absolute Gasteiger partial charge is 0.238 e. The normalized spacial score (nSPS) is 10.8. The number of carbonyl (C=O) groups excluding carboxylic acids is 2. The second kappa shape index (κ2) is 8.62. The minimum absolute atomic E-state index is 0.122. The molecule has 1 heterocycles. The van der Waals surface area contributed by atoms with Crippen LogP contribution in [0.4, 0.5) is 11.4 Å². The largest absolute Gasteiger partial charge is 0.325 e. The van der Waals surface area contributed by atoms with Crippen molar-refractivity contribution in [3.63, 3.8) is 0 Å². The van der Waals surface area contributed by atoms with E-state index in [0.29, 0.717) is 0 Å². The Balaban J connectivity index is 1.88. The number of anilines is 2. The summed E-state index contributed by atoms with van der Waals surface area (Å²) in [6.45, 7) is 6.06. The number of amides is 2. The Hall–Kier alpha value is -2.67. The second-order valence-electron chi connectivity index (χ2n) is 6.45. The number of carbonyl (C=O) groups is 2. The van der Waals surface area contributed by atoms with E-state index in [1.54, 1.807) is 16.6 Å². The monoisotopic (exact) mass is 357 g/mol. The van der Waals surface area contributed by atoms with E-state index in [0.717, 1.165) is 34.7 Å². The molecule has 2 N–H and O–H groups in total. The highest BCUT2D eigenvalue weighted by molar-refractivity contribution is 5.95. The topological polar surface area (TPSA) is 79.3 Å². The van der Waals surface area contributed by atoms with Gasteiger partial charge in [-0.05, 0) is 38.9 Å². The summed E-state index contributed by atoms with van der Waals surface area (Å²) in [5.74, 6) is -0.316. The number of aromatic nitrogens is 2. The summed E-state index contributed by atoms with van der Waals surface area (Å²) in [6.07, 6.45) is 0.846. The van der Waals surface area contributed by atoms with Gasteiger partial charge in [0.2, 0.25) is 11.8 Å². The molecule has 140 valence electrons. The van der Waals surface area contributed by atoms with Crippen LogP contribution in [-0.2, 0) is 23.1 Å². The molecule has 1 aromatic carbocycles. The fourth-order valence-electron chi connectivity index (χ4n) is 2.82. The summed E-state index contributed by atoms with van der Waals surface area (Å²) in [5.41, 5.74) is 4.30. The number of benzene rings is 1. The average molecular weight is 357 g/mol. The Morgan fingerprint density at radius 2 is 1.73 bits per heavy atom. The first-order valence-corrected chi connectivity index (χ1v) is 8.68. The molecule has 7 nitrogen and oxygen atoms in total. The van der Waals surface area contributed by atoms with Gasteiger partial charge in [0.25, 0.3) is 0 Å². The molecule has 0 unspecified atom stereocenters. The van der Waals surface area contributed by atoms with Crippen molar-refractivity contribution >= 4 is 23.2 Å². The summed E-state index contributed by atoms with van der Waals surface area (Å²) in [7, 11) is 3.58. The molecule has 0 aliphatic heterocycles. The van der Waals surface area contributed by atoms with Crippen molar-refractivity contribution in [2.75, 3.05) is 30.8 Å². The summed E-state index contributed by atoms with van der Waals surface area (Å²) >= 11 is 0. The molecule has 7 heteroatoms. The van der Waals surface area contributed by atoms with Crippen LogP contribution in [0.3, 0.4) is 0 Å². The lowest BCUT2D eigenvalue weighted by molar-refractivity contribution is -0.119. The summed E-state index contributed by atoms with van der Waals surface area (Å²) in [5, 5.41) is 10.1. The molecular weight excluding hydrogens is 330 g/mol. The molecule has 1 aromatic heterocycles. The summed E-state index contributed by atoms with van der Waals surface area (Å²) in [6, 6.07) is 7.72. The fourth-order valence-corrected chi connectivity index (χ4v) is 2.82. The van der Waals surface area contributed by atoms with Gasteiger partial charge in [-0.15, -0.1) is 0 Å². The Bertz CT molecular complexity index is 797. The molecule has 0 aliphatic carbocycles. The van der Waals surface area contributed by atoms with Crippen molar-refractivity contribution in [1.82, 2.24) is 14.7 Å². The van der Waals surface area contributed by atoms with Crippen LogP contribution in [0.1, 0.15) is 23.9 Å². The highest BCUT2D eigenvalue weighted by Crippen LogP contribution is 2.18. The van der Waals surface area contributed by atoms with Crippen LogP contribution >= 0.6 is 0 Å². The highest BCUT2D eigenvalue weighted by Gasteiger charge is 2.15. The van der Waals surface area contributed by atoms with Crippen LogP contribution in [0, 0.1) is 13.8 Å². The maximum Gasteiger partial charge on any atom is 0.238 e. The van der Waals surface area contributed by atoms with Gasteiger partial charge in [0.05, 0.1) is 30.2 Å². The third kappa shape index (κ3) is 4.92. The van der Waals surface area contributed by atoms with E-state index >= 15 is 0 Å². The number of hydrogen-bond donors (Lipinski definition) is 2. The molecule has 0 spiro atoms. The van der Waals surface area contributed by atoms with E-state index in [1.807, 2.05) is 52.1 Å². The van der Waals surface area contributed by atoms with Crippen LogP contribution in [-0.4, -0.2) is 46.6 Å². The van der Waals surface area contributed by atoms with E-state index in [-0.39, 0.29) is 24.9 Å². The Kier molecular flexibility index (Phi) is 6.52. The molecule has 2 aromatic rings. The molecule has 0 saturated heterocycles. The molecule has 0 aliphatic rings. The van der Waals surface area contributed by atoms with Gasteiger partial charge in [0.15, 0.2) is 0 Å². The first-order valence-electron chi connectivity index (χ1n) is 8.68. The standard InChI is InChI=1S/C19H27N5O2/c1-6-15-9-7-8-10-16(15)20-17(25)11-23(4)12-18(26)21-19-13(2)22-24(5)14(19)3/h7-10H,6,11-12H2,1-5H3,(H,20,25)(H,21,26). The Morgan fingerprint density at radius 3 is 2.31 bits per heavy atom. The lowest BCUT2D eigenvalue weighted by Crippen LogP contribution is -2.36. The summed E-state index contributed by atoms with van der Waals surface area (Å²) < 4.78 is 1.73. The predicted octanol–water partition coefficient (Wildman–Crippen LogP) is 2.11. The summed E-state index contributed by atoms with van der Waals surface area (Å²) in [4.78, 5) is 26.2. The van der Waals surface area contributed by atoms with Crippen LogP contribution in [0.5, 0.6) is 0 Å². The molecule has 26 heavy (non-hydrogen) atoms. The first kappa shape index (κ1) is 19.7. The van der Waals surface area contributed by atoms with E-state index in [2.05, 4.69) is 15.7 Å². The lowest BCUT2D eigenvalue weighted by Gasteiger charge is -2.17. The molecule has 2 amide bonds. The molecule has 0 atom stereocenters. The van der Waals surface area contributed by atoms with E-state index in [4.69, 9.17) is 0 Å². The fraction of sp³-hybridized carbons (Fsp3) is 0.421. The zero-order chi connectivity index (χ0) is 19.3. The molecule has 2 rings (SSSR count).